The molecule has 1 heterocycles. The van der Waals surface area contributed by atoms with E-state index in [2.05, 4.69) is 38.1 Å². The Morgan fingerprint density at radius 2 is 1.61 bits per heavy atom. The van der Waals surface area contributed by atoms with E-state index < -0.39 is 15.9 Å². The van der Waals surface area contributed by atoms with Crippen LogP contribution in [-0.2, 0) is 10.0 Å². The van der Waals surface area contributed by atoms with E-state index >= 15 is 0 Å². The highest BCUT2D eigenvalue weighted by Gasteiger charge is 2.19. The third-order valence-electron chi connectivity index (χ3n) is 3.70. The Hall–Kier alpha value is -2.62. The van der Waals surface area contributed by atoms with Crippen molar-refractivity contribution in [2.45, 2.75) is 4.21 Å². The summed E-state index contributed by atoms with van der Waals surface area (Å²) in [7, 11) is -3.76. The molecule has 0 aliphatic carbocycles. The van der Waals surface area contributed by atoms with Gasteiger partial charge in [-0.2, -0.15) is 0 Å². The first kappa shape index (κ1) is 20.1. The van der Waals surface area contributed by atoms with Crippen molar-refractivity contribution in [1.82, 2.24) is 10.9 Å². The Kier molecular flexibility index (Phi) is 6.18. The quantitative estimate of drug-likeness (QED) is 0.444. The topological polar surface area (TPSA) is 87.3 Å². The summed E-state index contributed by atoms with van der Waals surface area (Å²) in [4.78, 5) is 12.6. The Balaban J connectivity index is 1.74. The minimum Gasteiger partial charge on any atom is -0.298 e. The molecule has 0 bridgehead atoms. The van der Waals surface area contributed by atoms with E-state index in [1.807, 2.05) is 24.3 Å². The fourth-order valence-electron chi connectivity index (χ4n) is 2.35. The van der Waals surface area contributed by atoms with E-state index in [9.17, 15) is 13.2 Å². The first-order valence-corrected chi connectivity index (χ1v) is 11.2. The van der Waals surface area contributed by atoms with Crippen molar-refractivity contribution in [3.63, 3.8) is 0 Å². The first-order chi connectivity index (χ1) is 13.4. The second-order valence-electron chi connectivity index (χ2n) is 5.62. The van der Waals surface area contributed by atoms with Gasteiger partial charge in [0.05, 0.1) is 16.9 Å². The van der Waals surface area contributed by atoms with E-state index in [-0.39, 0.29) is 15.5 Å². The molecule has 1 aromatic heterocycles. The molecule has 0 saturated carbocycles. The number of para-hydroxylation sites is 1. The van der Waals surface area contributed by atoms with Gasteiger partial charge >= 0.3 is 0 Å². The third kappa shape index (κ3) is 4.61. The number of thiophene rings is 1. The normalized spacial score (nSPS) is 10.9. The number of hydrogen-bond donors (Lipinski definition) is 3. The monoisotopic (exact) mass is 477 g/mol. The number of halogens is 1. The fraction of sp³-hybridized carbons (Fsp3) is 0. The number of carbonyl (C=O) groups is 1. The average Bonchev–Trinajstić information content (AvgIpc) is 3.22. The van der Waals surface area contributed by atoms with Gasteiger partial charge in [0.1, 0.15) is 4.21 Å². The van der Waals surface area contributed by atoms with Gasteiger partial charge in [-0.05, 0) is 29.6 Å². The Morgan fingerprint density at radius 1 is 0.929 bits per heavy atom. The molecule has 3 rings (SSSR count). The van der Waals surface area contributed by atoms with Crippen LogP contribution in [0.1, 0.15) is 15.9 Å². The van der Waals surface area contributed by atoms with Crippen molar-refractivity contribution in [2.75, 3.05) is 4.72 Å². The van der Waals surface area contributed by atoms with Gasteiger partial charge in [-0.1, -0.05) is 58.9 Å². The molecule has 0 atom stereocenters. The number of anilines is 1. The molecule has 0 radical (unpaired) electrons. The van der Waals surface area contributed by atoms with E-state index in [0.717, 1.165) is 21.4 Å². The van der Waals surface area contributed by atoms with Crippen molar-refractivity contribution in [3.05, 3.63) is 88.2 Å². The predicted octanol–water partition coefficient (Wildman–Crippen LogP) is 4.22. The van der Waals surface area contributed by atoms with E-state index in [1.54, 1.807) is 23.6 Å². The highest BCUT2D eigenvalue weighted by atomic mass is 79.9. The molecule has 0 aliphatic rings. The van der Waals surface area contributed by atoms with Crippen LogP contribution in [-0.4, -0.2) is 14.3 Å². The summed E-state index contributed by atoms with van der Waals surface area (Å²) >= 11 is 4.52. The second kappa shape index (κ2) is 8.59. The molecule has 0 saturated heterocycles. The Morgan fingerprint density at radius 3 is 2.29 bits per heavy atom. The van der Waals surface area contributed by atoms with Crippen molar-refractivity contribution >= 4 is 54.6 Å². The molecule has 6 nitrogen and oxygen atoms in total. The standard InChI is InChI=1S/C19H16BrN3O3S2/c1-13(14-7-2-4-9-16(14)20)21-22-19(24)15-8-3-5-10-17(15)23-28(25,26)18-11-6-12-27-18/h2-12,21,23H,1H2,(H,22,24). The number of sulfonamides is 1. The lowest BCUT2D eigenvalue weighted by atomic mass is 10.1. The van der Waals surface area contributed by atoms with Gasteiger partial charge in [-0.25, -0.2) is 8.42 Å². The van der Waals surface area contributed by atoms with Crippen LogP contribution >= 0.6 is 27.3 Å². The molecule has 3 aromatic rings. The van der Waals surface area contributed by atoms with Crippen molar-refractivity contribution in [2.24, 2.45) is 0 Å². The largest absolute Gasteiger partial charge is 0.298 e. The minimum absolute atomic E-state index is 0.170. The maximum Gasteiger partial charge on any atom is 0.271 e. The summed E-state index contributed by atoms with van der Waals surface area (Å²) in [6.45, 7) is 3.90. The van der Waals surface area contributed by atoms with Crippen molar-refractivity contribution in [1.29, 1.82) is 0 Å². The fourth-order valence-corrected chi connectivity index (χ4v) is 4.95. The predicted molar refractivity (Wildman–Crippen MR) is 115 cm³/mol. The lowest BCUT2D eigenvalue weighted by Crippen LogP contribution is -2.36. The lowest BCUT2D eigenvalue weighted by Gasteiger charge is -2.15. The zero-order valence-electron chi connectivity index (χ0n) is 14.5. The number of hydrazine groups is 1. The molecule has 28 heavy (non-hydrogen) atoms. The van der Waals surface area contributed by atoms with Crippen LogP contribution in [0.2, 0.25) is 0 Å². The molecule has 0 fully saturated rings. The third-order valence-corrected chi connectivity index (χ3v) is 7.16. The molecule has 0 aliphatic heterocycles. The average molecular weight is 478 g/mol. The van der Waals surface area contributed by atoms with Gasteiger partial charge in [0.2, 0.25) is 0 Å². The van der Waals surface area contributed by atoms with Gasteiger partial charge in [0, 0.05) is 10.0 Å². The van der Waals surface area contributed by atoms with E-state index in [4.69, 9.17) is 0 Å². The second-order valence-corrected chi connectivity index (χ2v) is 9.33. The van der Waals surface area contributed by atoms with E-state index in [1.165, 1.54) is 18.2 Å². The Bertz CT molecular complexity index is 1110. The van der Waals surface area contributed by atoms with Crippen LogP contribution in [0, 0.1) is 0 Å². The molecular formula is C19H16BrN3O3S2. The maximum atomic E-state index is 12.6. The Labute approximate surface area is 175 Å². The smallest absolute Gasteiger partial charge is 0.271 e. The van der Waals surface area contributed by atoms with Crippen molar-refractivity contribution in [3.8, 4) is 0 Å². The molecule has 3 N–H and O–H groups in total. The molecule has 2 aromatic carbocycles. The highest BCUT2D eigenvalue weighted by molar-refractivity contribution is 9.10. The van der Waals surface area contributed by atoms with Crippen LogP contribution in [0.25, 0.3) is 5.70 Å². The van der Waals surface area contributed by atoms with Crippen LogP contribution < -0.4 is 15.6 Å². The SMILES string of the molecule is C=C(NNC(=O)c1ccccc1NS(=O)(=O)c1cccs1)c1ccccc1Br. The highest BCUT2D eigenvalue weighted by Crippen LogP contribution is 2.23. The zero-order valence-corrected chi connectivity index (χ0v) is 17.7. The molecule has 1 amide bonds. The summed E-state index contributed by atoms with van der Waals surface area (Å²) in [5.74, 6) is -0.502. The number of nitrogens with one attached hydrogen (secondary N) is 3. The zero-order chi connectivity index (χ0) is 20.1. The summed E-state index contributed by atoms with van der Waals surface area (Å²) in [6, 6.07) is 16.9. The van der Waals surface area contributed by atoms with Gasteiger partial charge in [-0.15, -0.1) is 11.3 Å². The number of carbonyl (C=O) groups excluding carboxylic acids is 1. The number of rotatable bonds is 7. The summed E-state index contributed by atoms with van der Waals surface area (Å²) in [5, 5.41) is 1.67. The minimum atomic E-state index is -3.76. The molecular weight excluding hydrogens is 462 g/mol. The van der Waals surface area contributed by atoms with Gasteiger partial charge in [0.25, 0.3) is 15.9 Å². The number of benzene rings is 2. The van der Waals surface area contributed by atoms with Crippen LogP contribution in [0.4, 0.5) is 5.69 Å². The van der Waals surface area contributed by atoms with Gasteiger partial charge in [0.15, 0.2) is 0 Å². The van der Waals surface area contributed by atoms with Gasteiger partial charge in [-0.3, -0.25) is 20.4 Å². The first-order valence-electron chi connectivity index (χ1n) is 8.04. The van der Waals surface area contributed by atoms with Gasteiger partial charge < -0.3 is 0 Å². The number of hydrogen-bond acceptors (Lipinski definition) is 5. The maximum absolute atomic E-state index is 12.6. The van der Waals surface area contributed by atoms with Crippen LogP contribution in [0.15, 0.2) is 81.3 Å². The molecule has 9 heteroatoms. The molecule has 144 valence electrons. The summed E-state index contributed by atoms with van der Waals surface area (Å²) in [5.41, 5.74) is 6.93. The van der Waals surface area contributed by atoms with Crippen LogP contribution in [0.3, 0.4) is 0 Å². The molecule has 0 unspecified atom stereocenters. The number of amides is 1. The summed E-state index contributed by atoms with van der Waals surface area (Å²) < 4.78 is 28.4. The molecule has 0 spiro atoms. The summed E-state index contributed by atoms with van der Waals surface area (Å²) in [6.07, 6.45) is 0. The van der Waals surface area contributed by atoms with Crippen LogP contribution in [0.5, 0.6) is 0 Å². The van der Waals surface area contributed by atoms with E-state index in [0.29, 0.717) is 5.70 Å². The van der Waals surface area contributed by atoms with Crippen molar-refractivity contribution < 1.29 is 13.2 Å². The lowest BCUT2D eigenvalue weighted by molar-refractivity contribution is 0.0943.